The molecule has 0 bridgehead atoms. The third kappa shape index (κ3) is 5.26. The lowest BCUT2D eigenvalue weighted by Crippen LogP contribution is -2.39. The Morgan fingerprint density at radius 1 is 1.55 bits per heavy atom. The molecular formula is C20H32N3O4PS3. The minimum Gasteiger partial charge on any atom is -0.383 e. The molecule has 2 aliphatic heterocycles. The van der Waals surface area contributed by atoms with Gasteiger partial charge in [0, 0.05) is 10.9 Å². The molecule has 4 rings (SSSR count). The molecule has 31 heavy (non-hydrogen) atoms. The van der Waals surface area contributed by atoms with Crippen molar-refractivity contribution >= 4 is 48.2 Å². The van der Waals surface area contributed by atoms with E-state index in [1.54, 1.807) is 23.6 Å². The van der Waals surface area contributed by atoms with Gasteiger partial charge in [-0.2, -0.15) is 18.5 Å². The smallest absolute Gasteiger partial charge is 0.351 e. The highest BCUT2D eigenvalue weighted by Gasteiger charge is 2.53. The van der Waals surface area contributed by atoms with E-state index in [2.05, 4.69) is 32.3 Å². The molecule has 3 heterocycles. The fraction of sp³-hybridized carbons (Fsp3) is 0.700. The van der Waals surface area contributed by atoms with E-state index in [0.29, 0.717) is 18.9 Å². The lowest BCUT2D eigenvalue weighted by atomic mass is 9.77. The van der Waals surface area contributed by atoms with Crippen molar-refractivity contribution in [2.24, 2.45) is 11.8 Å². The molecule has 174 valence electrons. The average molecular weight is 506 g/mol. The van der Waals surface area contributed by atoms with Crippen LogP contribution in [0.3, 0.4) is 0 Å². The standard InChI is InChI=1S/C20H30N3O4PS2.H2S/c1-12(2)14-5-7-20(4)16(10-14)27-28(29,30-20)25-11-15-13(3)9-18(26-15)23-8-6-17(21)22-19(23)24;/h6,8,13-16,18H,1,5,7,9-11H2,2-4H3,(H2,21,22,24);1H2/t13-,14+,15+,16-,18+,20-,28-;/m0./s1. The summed E-state index contributed by atoms with van der Waals surface area (Å²) in [5.41, 5.74) is 3.96. The van der Waals surface area contributed by atoms with E-state index < -0.39 is 11.4 Å². The predicted octanol–water partition coefficient (Wildman–Crippen LogP) is 4.37. The van der Waals surface area contributed by atoms with Crippen LogP contribution in [0.4, 0.5) is 5.82 Å². The number of anilines is 1. The molecule has 0 amide bonds. The summed E-state index contributed by atoms with van der Waals surface area (Å²) in [6.07, 6.45) is 5.08. The Labute approximate surface area is 199 Å². The normalized spacial score (nSPS) is 39.6. The highest BCUT2D eigenvalue weighted by Crippen LogP contribution is 2.75. The van der Waals surface area contributed by atoms with Crippen molar-refractivity contribution in [1.29, 1.82) is 0 Å². The lowest BCUT2D eigenvalue weighted by molar-refractivity contribution is -0.0271. The van der Waals surface area contributed by atoms with Crippen molar-refractivity contribution in [3.05, 3.63) is 34.9 Å². The van der Waals surface area contributed by atoms with Gasteiger partial charge in [-0.3, -0.25) is 4.57 Å². The molecule has 11 heteroatoms. The van der Waals surface area contributed by atoms with Crippen LogP contribution in [0.15, 0.2) is 29.2 Å². The third-order valence-corrected chi connectivity index (χ3v) is 12.4. The molecule has 7 atom stereocenters. The van der Waals surface area contributed by atoms with Gasteiger partial charge in [0.05, 0.1) is 18.8 Å². The molecular weight excluding hydrogens is 473 g/mol. The number of ether oxygens (including phenoxy) is 1. The van der Waals surface area contributed by atoms with Crippen molar-refractivity contribution in [2.75, 3.05) is 12.3 Å². The van der Waals surface area contributed by atoms with Gasteiger partial charge in [0.1, 0.15) is 12.0 Å². The first-order chi connectivity index (χ1) is 14.1. The quantitative estimate of drug-likeness (QED) is 0.466. The van der Waals surface area contributed by atoms with E-state index >= 15 is 0 Å². The van der Waals surface area contributed by atoms with Crippen molar-refractivity contribution in [1.82, 2.24) is 9.55 Å². The second kappa shape index (κ2) is 9.49. The summed E-state index contributed by atoms with van der Waals surface area (Å²) < 4.78 is 20.2. The van der Waals surface area contributed by atoms with Gasteiger partial charge in [-0.05, 0) is 69.2 Å². The summed E-state index contributed by atoms with van der Waals surface area (Å²) in [5.74, 6) is 0.926. The van der Waals surface area contributed by atoms with E-state index in [4.69, 9.17) is 31.3 Å². The largest absolute Gasteiger partial charge is 0.383 e. The maximum Gasteiger partial charge on any atom is 0.351 e. The summed E-state index contributed by atoms with van der Waals surface area (Å²) in [6.45, 7) is 10.9. The van der Waals surface area contributed by atoms with E-state index in [0.717, 1.165) is 19.3 Å². The highest BCUT2D eigenvalue weighted by atomic mass is 32.9. The number of nitrogens with two attached hydrogens (primary N) is 1. The summed E-state index contributed by atoms with van der Waals surface area (Å²) >= 11 is 7.58. The van der Waals surface area contributed by atoms with E-state index in [9.17, 15) is 4.79 Å². The summed E-state index contributed by atoms with van der Waals surface area (Å²) in [4.78, 5) is 15.9. The van der Waals surface area contributed by atoms with Crippen LogP contribution < -0.4 is 11.4 Å². The maximum absolute atomic E-state index is 12.1. The SMILES string of the molecule is C=C(C)[C@@H]1CC[C@]2(C)S[P@@](=S)(OC[C@H]3O[C@@H](n4ccc(N)nc4=O)C[C@@H]3C)O[C@H]2C1.S. The monoisotopic (exact) mass is 505 g/mol. The molecule has 2 N–H and O–H groups in total. The first-order valence-electron chi connectivity index (χ1n) is 10.4. The number of nitrogens with zero attached hydrogens (tertiary/aromatic N) is 2. The Morgan fingerprint density at radius 2 is 2.29 bits per heavy atom. The van der Waals surface area contributed by atoms with Crippen LogP contribution in [0.2, 0.25) is 0 Å². The molecule has 3 aliphatic rings. The Morgan fingerprint density at radius 3 is 2.97 bits per heavy atom. The molecule has 0 unspecified atom stereocenters. The van der Waals surface area contributed by atoms with Crippen molar-refractivity contribution in [3.8, 4) is 0 Å². The Kier molecular flexibility index (Phi) is 7.74. The molecule has 2 saturated heterocycles. The van der Waals surface area contributed by atoms with Crippen LogP contribution in [0.25, 0.3) is 0 Å². The van der Waals surface area contributed by atoms with Gasteiger partial charge in [-0.1, -0.05) is 30.5 Å². The summed E-state index contributed by atoms with van der Waals surface area (Å²) in [5, 5.41) is 0. The fourth-order valence-corrected chi connectivity index (χ4v) is 11.6. The first-order valence-corrected chi connectivity index (χ1v) is 14.4. The van der Waals surface area contributed by atoms with Gasteiger partial charge in [0.25, 0.3) is 0 Å². The lowest BCUT2D eigenvalue weighted by Gasteiger charge is -2.37. The number of fused-ring (bicyclic) bond motifs is 1. The van der Waals surface area contributed by atoms with Crippen LogP contribution in [0.5, 0.6) is 0 Å². The maximum atomic E-state index is 12.1. The average Bonchev–Trinajstić information content (AvgIpc) is 3.15. The molecule has 0 aromatic carbocycles. The zero-order valence-corrected chi connectivity index (χ0v) is 21.7. The number of aromatic nitrogens is 2. The van der Waals surface area contributed by atoms with E-state index in [1.807, 2.05) is 0 Å². The van der Waals surface area contributed by atoms with Crippen molar-refractivity contribution in [3.63, 3.8) is 0 Å². The van der Waals surface area contributed by atoms with Crippen molar-refractivity contribution < 1.29 is 13.8 Å². The fourth-order valence-electron chi connectivity index (χ4n) is 4.50. The van der Waals surface area contributed by atoms with Gasteiger partial charge in [0.15, 0.2) is 0 Å². The molecule has 0 spiro atoms. The van der Waals surface area contributed by atoms with Gasteiger partial charge in [-0.15, -0.1) is 0 Å². The number of nitrogen functional groups attached to an aromatic ring is 1. The van der Waals surface area contributed by atoms with Gasteiger partial charge in [0.2, 0.25) is 5.69 Å². The molecule has 7 nitrogen and oxygen atoms in total. The van der Waals surface area contributed by atoms with Gasteiger partial charge in [-0.25, -0.2) is 4.79 Å². The molecule has 1 aromatic heterocycles. The van der Waals surface area contributed by atoms with Crippen LogP contribution in [0, 0.1) is 11.8 Å². The number of rotatable bonds is 5. The van der Waals surface area contributed by atoms with Crippen molar-refractivity contribution in [2.45, 2.75) is 69.6 Å². The van der Waals surface area contributed by atoms with E-state index in [1.165, 1.54) is 10.1 Å². The Bertz CT molecular complexity index is 944. The zero-order valence-electron chi connectivity index (χ0n) is 18.2. The number of hydrogen-bond donors (Lipinski definition) is 1. The second-order valence-electron chi connectivity index (χ2n) is 8.94. The number of hydrogen-bond acceptors (Lipinski definition) is 8. The first kappa shape index (κ1) is 25.3. The predicted molar refractivity (Wildman–Crippen MR) is 134 cm³/mol. The molecule has 1 aliphatic carbocycles. The Balaban J connectivity index is 0.00000272. The third-order valence-electron chi connectivity index (χ3n) is 6.54. The zero-order chi connectivity index (χ0) is 21.7. The van der Waals surface area contributed by atoms with Gasteiger partial charge < -0.3 is 19.5 Å². The van der Waals surface area contributed by atoms with E-state index in [-0.39, 0.29) is 48.4 Å². The second-order valence-corrected chi connectivity index (χ2v) is 15.5. The molecule has 3 fully saturated rings. The minimum absolute atomic E-state index is 0. The summed E-state index contributed by atoms with van der Waals surface area (Å²) in [7, 11) is 0. The summed E-state index contributed by atoms with van der Waals surface area (Å²) in [6, 6.07) is 1.60. The van der Waals surface area contributed by atoms with Crippen LogP contribution in [0.1, 0.15) is 52.7 Å². The Hall–Kier alpha value is -0.350. The topological polar surface area (TPSA) is 88.6 Å². The molecule has 1 saturated carbocycles. The minimum atomic E-state index is -2.44. The van der Waals surface area contributed by atoms with Crippen LogP contribution in [-0.2, 0) is 25.6 Å². The van der Waals surface area contributed by atoms with Gasteiger partial charge >= 0.3 is 5.69 Å². The number of allylic oxidation sites excluding steroid dienone is 1. The van der Waals surface area contributed by atoms with Crippen LogP contribution >= 0.6 is 30.6 Å². The van der Waals surface area contributed by atoms with Crippen LogP contribution in [-0.4, -0.2) is 33.1 Å². The molecule has 0 radical (unpaired) electrons. The molecule has 1 aromatic rings. The highest BCUT2D eigenvalue weighted by molar-refractivity contribution is 8.68.